The summed E-state index contributed by atoms with van der Waals surface area (Å²) in [5.74, 6) is 0. The average Bonchev–Trinajstić information content (AvgIpc) is 2.37. The van der Waals surface area contributed by atoms with Gasteiger partial charge < -0.3 is 5.32 Å². The second-order valence-corrected chi connectivity index (χ2v) is 6.20. The summed E-state index contributed by atoms with van der Waals surface area (Å²) in [6, 6.07) is 5.03. The van der Waals surface area contributed by atoms with Crippen molar-refractivity contribution in [1.29, 1.82) is 5.26 Å². The van der Waals surface area contributed by atoms with Crippen molar-refractivity contribution >= 4 is 16.5 Å². The Hall–Kier alpha value is -1.55. The molecular weight excluding hydrogens is 289 g/mol. The van der Waals surface area contributed by atoms with Gasteiger partial charge in [-0.15, -0.1) is 0 Å². The van der Waals surface area contributed by atoms with E-state index < -0.39 is 28.1 Å². The van der Waals surface area contributed by atoms with Crippen LogP contribution in [0.1, 0.15) is 24.5 Å². The molecule has 1 N–H and O–H groups in total. The maximum atomic E-state index is 12.8. The van der Waals surface area contributed by atoms with E-state index in [2.05, 4.69) is 5.32 Å². The largest absolute Gasteiger partial charge is 0.417 e. The molecule has 0 fully saturated rings. The SMILES string of the molecule is CC(CCNc1ccc(C#N)c(C(F)(F)F)c1)S(C)=O. The van der Waals surface area contributed by atoms with E-state index in [0.717, 1.165) is 12.1 Å². The second-order valence-electron chi connectivity index (χ2n) is 4.39. The van der Waals surface area contributed by atoms with Crippen LogP contribution in [0, 0.1) is 11.3 Å². The first-order valence-corrected chi connectivity index (χ1v) is 7.55. The van der Waals surface area contributed by atoms with Crippen molar-refractivity contribution in [2.24, 2.45) is 0 Å². The van der Waals surface area contributed by atoms with Crippen molar-refractivity contribution in [3.63, 3.8) is 0 Å². The molecule has 0 saturated heterocycles. The molecule has 0 radical (unpaired) electrons. The minimum absolute atomic E-state index is 0.0250. The van der Waals surface area contributed by atoms with Gasteiger partial charge >= 0.3 is 6.18 Å². The number of hydrogen-bond acceptors (Lipinski definition) is 3. The molecule has 0 spiro atoms. The third-order valence-corrected chi connectivity index (χ3v) is 4.26. The Morgan fingerprint density at radius 3 is 2.60 bits per heavy atom. The van der Waals surface area contributed by atoms with Crippen LogP contribution in [0.2, 0.25) is 0 Å². The number of benzene rings is 1. The predicted octanol–water partition coefficient (Wildman–Crippen LogP) is 3.15. The minimum Gasteiger partial charge on any atom is -0.385 e. The summed E-state index contributed by atoms with van der Waals surface area (Å²) in [5, 5.41) is 11.5. The van der Waals surface area contributed by atoms with Crippen molar-refractivity contribution in [3.05, 3.63) is 29.3 Å². The number of nitrogens with zero attached hydrogens (tertiary/aromatic N) is 1. The van der Waals surface area contributed by atoms with Crippen molar-refractivity contribution in [2.75, 3.05) is 18.1 Å². The van der Waals surface area contributed by atoms with Crippen LogP contribution in [0.5, 0.6) is 0 Å². The number of nitrogens with one attached hydrogen (secondary N) is 1. The summed E-state index contributed by atoms with van der Waals surface area (Å²) >= 11 is 0. The highest BCUT2D eigenvalue weighted by atomic mass is 32.2. The number of anilines is 1. The Morgan fingerprint density at radius 2 is 2.10 bits per heavy atom. The molecule has 0 bridgehead atoms. The first-order chi connectivity index (χ1) is 9.25. The molecule has 20 heavy (non-hydrogen) atoms. The molecule has 7 heteroatoms. The first kappa shape index (κ1) is 16.5. The van der Waals surface area contributed by atoms with Crippen LogP contribution in [0.4, 0.5) is 18.9 Å². The Bertz CT molecular complexity index is 537. The maximum Gasteiger partial charge on any atom is 0.417 e. The predicted molar refractivity (Wildman–Crippen MR) is 72.8 cm³/mol. The Morgan fingerprint density at radius 1 is 1.45 bits per heavy atom. The minimum atomic E-state index is -4.55. The summed E-state index contributed by atoms with van der Waals surface area (Å²) in [7, 11) is -0.955. The van der Waals surface area contributed by atoms with E-state index in [1.165, 1.54) is 12.1 Å². The van der Waals surface area contributed by atoms with Gasteiger partial charge in [0.15, 0.2) is 0 Å². The topological polar surface area (TPSA) is 52.9 Å². The van der Waals surface area contributed by atoms with Crippen molar-refractivity contribution in [1.82, 2.24) is 0 Å². The van der Waals surface area contributed by atoms with E-state index in [4.69, 9.17) is 5.26 Å². The third kappa shape index (κ3) is 4.53. The standard InChI is InChI=1S/C13H15F3N2OS/c1-9(20(2)19)5-6-18-11-4-3-10(8-17)12(7-11)13(14,15)16/h3-4,7,9,18H,5-6H2,1-2H3. The van der Waals surface area contributed by atoms with Crippen molar-refractivity contribution < 1.29 is 17.4 Å². The zero-order chi connectivity index (χ0) is 15.3. The molecular formula is C13H15F3N2OS. The molecule has 3 nitrogen and oxygen atoms in total. The number of halogens is 3. The molecule has 2 atom stereocenters. The van der Waals surface area contributed by atoms with Crippen LogP contribution >= 0.6 is 0 Å². The van der Waals surface area contributed by atoms with Crippen molar-refractivity contribution in [3.8, 4) is 6.07 Å². The molecule has 1 rings (SSSR count). The van der Waals surface area contributed by atoms with Gasteiger partial charge in [-0.2, -0.15) is 18.4 Å². The zero-order valence-electron chi connectivity index (χ0n) is 11.1. The van der Waals surface area contributed by atoms with Gasteiger partial charge in [0.1, 0.15) is 0 Å². The van der Waals surface area contributed by atoms with E-state index in [1.807, 2.05) is 6.92 Å². The van der Waals surface area contributed by atoms with Gasteiger partial charge in [0.25, 0.3) is 0 Å². The smallest absolute Gasteiger partial charge is 0.385 e. The highest BCUT2D eigenvalue weighted by Gasteiger charge is 2.33. The fourth-order valence-corrected chi connectivity index (χ4v) is 2.02. The molecule has 110 valence electrons. The highest BCUT2D eigenvalue weighted by Crippen LogP contribution is 2.33. The molecule has 0 aliphatic carbocycles. The second kappa shape index (κ2) is 6.75. The molecule has 0 aliphatic rings. The molecule has 0 amide bonds. The molecule has 1 aromatic rings. The molecule has 0 aliphatic heterocycles. The molecule has 1 aromatic carbocycles. The van der Waals surface area contributed by atoms with Crippen LogP contribution in [0.25, 0.3) is 0 Å². The molecule has 0 aromatic heterocycles. The average molecular weight is 304 g/mol. The van der Waals surface area contributed by atoms with Gasteiger partial charge in [0.2, 0.25) is 0 Å². The molecule has 2 unspecified atom stereocenters. The summed E-state index contributed by atoms with van der Waals surface area (Å²) < 4.78 is 49.4. The Labute approximate surface area is 118 Å². The summed E-state index contributed by atoms with van der Waals surface area (Å²) in [5.41, 5.74) is -1.05. The summed E-state index contributed by atoms with van der Waals surface area (Å²) in [4.78, 5) is 0. The summed E-state index contributed by atoms with van der Waals surface area (Å²) in [6.45, 7) is 2.24. The maximum absolute atomic E-state index is 12.8. The molecule has 0 saturated carbocycles. The lowest BCUT2D eigenvalue weighted by Gasteiger charge is -2.13. The quantitative estimate of drug-likeness (QED) is 0.909. The lowest BCUT2D eigenvalue weighted by Crippen LogP contribution is -2.15. The lowest BCUT2D eigenvalue weighted by molar-refractivity contribution is -0.137. The van der Waals surface area contributed by atoms with Gasteiger partial charge in [-0.1, -0.05) is 6.92 Å². The van der Waals surface area contributed by atoms with Gasteiger partial charge in [-0.25, -0.2) is 0 Å². The number of hydrogen-bond donors (Lipinski definition) is 1. The van der Waals surface area contributed by atoms with Crippen LogP contribution in [0.15, 0.2) is 18.2 Å². The number of alkyl halides is 3. The lowest BCUT2D eigenvalue weighted by atomic mass is 10.1. The fourth-order valence-electron chi connectivity index (χ4n) is 1.57. The van der Waals surface area contributed by atoms with Crippen LogP contribution in [-0.2, 0) is 17.0 Å². The number of nitriles is 1. The van der Waals surface area contributed by atoms with E-state index in [9.17, 15) is 17.4 Å². The van der Waals surface area contributed by atoms with Crippen molar-refractivity contribution in [2.45, 2.75) is 24.8 Å². The molecule has 0 heterocycles. The van der Waals surface area contributed by atoms with Gasteiger partial charge in [-0.05, 0) is 24.6 Å². The van der Waals surface area contributed by atoms with Crippen LogP contribution < -0.4 is 5.32 Å². The first-order valence-electron chi connectivity index (χ1n) is 5.93. The van der Waals surface area contributed by atoms with E-state index >= 15 is 0 Å². The van der Waals surface area contributed by atoms with Gasteiger partial charge in [0.05, 0.1) is 17.2 Å². The van der Waals surface area contributed by atoms with Gasteiger partial charge in [-0.3, -0.25) is 4.21 Å². The fraction of sp³-hybridized carbons (Fsp3) is 0.462. The Kier molecular flexibility index (Phi) is 5.57. The zero-order valence-corrected chi connectivity index (χ0v) is 11.9. The normalized spacial score (nSPS) is 14.4. The Balaban J connectivity index is 2.79. The highest BCUT2D eigenvalue weighted by molar-refractivity contribution is 7.84. The van der Waals surface area contributed by atoms with E-state index in [-0.39, 0.29) is 5.25 Å². The number of rotatable bonds is 5. The van der Waals surface area contributed by atoms with Gasteiger partial charge in [0, 0.05) is 34.5 Å². The van der Waals surface area contributed by atoms with E-state index in [0.29, 0.717) is 18.7 Å². The van der Waals surface area contributed by atoms with E-state index in [1.54, 1.807) is 6.26 Å². The summed E-state index contributed by atoms with van der Waals surface area (Å²) in [6.07, 6.45) is -2.38. The van der Waals surface area contributed by atoms with Crippen LogP contribution in [-0.4, -0.2) is 22.3 Å². The monoisotopic (exact) mass is 304 g/mol. The third-order valence-electron chi connectivity index (χ3n) is 2.89. The van der Waals surface area contributed by atoms with Crippen LogP contribution in [0.3, 0.4) is 0 Å².